The van der Waals surface area contributed by atoms with Crippen molar-refractivity contribution in [3.05, 3.63) is 67.3 Å². The van der Waals surface area contributed by atoms with E-state index in [1.807, 2.05) is 35.2 Å². The van der Waals surface area contributed by atoms with Gasteiger partial charge in [-0.15, -0.1) is 11.3 Å². The molecule has 3 heterocycles. The molecule has 0 saturated heterocycles. The number of ketones is 1. The Bertz CT molecular complexity index is 907. The van der Waals surface area contributed by atoms with Gasteiger partial charge in [0.2, 0.25) is 0 Å². The van der Waals surface area contributed by atoms with Crippen molar-refractivity contribution in [2.45, 2.75) is 31.6 Å². The van der Waals surface area contributed by atoms with Crippen LogP contribution in [0.15, 0.2) is 56.9 Å². The van der Waals surface area contributed by atoms with Gasteiger partial charge in [-0.25, -0.2) is 4.79 Å². The van der Waals surface area contributed by atoms with Crippen LogP contribution in [-0.2, 0) is 14.3 Å². The van der Waals surface area contributed by atoms with Crippen LogP contribution in [0, 0.1) is 0 Å². The first-order valence-corrected chi connectivity index (χ1v) is 10.3. The first-order valence-electron chi connectivity index (χ1n) is 8.48. The molecule has 1 aliphatic heterocycles. The Morgan fingerprint density at radius 2 is 2.12 bits per heavy atom. The molecule has 0 bridgehead atoms. The van der Waals surface area contributed by atoms with Crippen LogP contribution in [0.2, 0.25) is 0 Å². The third-order valence-corrected chi connectivity index (χ3v) is 6.79. The van der Waals surface area contributed by atoms with Crippen LogP contribution in [0.4, 0.5) is 0 Å². The summed E-state index contributed by atoms with van der Waals surface area (Å²) in [5, 5.41) is 9.38. The Labute approximate surface area is 160 Å². The molecule has 0 amide bonds. The lowest BCUT2D eigenvalue weighted by molar-refractivity contribution is -0.136. The van der Waals surface area contributed by atoms with Gasteiger partial charge in [0.15, 0.2) is 5.78 Å². The number of ether oxygens (including phenoxy) is 1. The van der Waals surface area contributed by atoms with Crippen molar-refractivity contribution >= 4 is 34.4 Å². The Morgan fingerprint density at radius 1 is 1.27 bits per heavy atom. The van der Waals surface area contributed by atoms with Crippen molar-refractivity contribution in [2.75, 3.05) is 7.11 Å². The lowest BCUT2D eigenvalue weighted by Gasteiger charge is -2.36. The van der Waals surface area contributed by atoms with Crippen molar-refractivity contribution in [3.8, 4) is 0 Å². The maximum atomic E-state index is 13.1. The van der Waals surface area contributed by atoms with Crippen molar-refractivity contribution in [3.63, 3.8) is 0 Å². The summed E-state index contributed by atoms with van der Waals surface area (Å²) in [6, 6.07) is 6.10. The second-order valence-electron chi connectivity index (χ2n) is 6.58. The number of thiophene rings is 2. The van der Waals surface area contributed by atoms with Crippen molar-refractivity contribution in [1.82, 2.24) is 5.32 Å². The largest absolute Gasteiger partial charge is 0.466 e. The maximum absolute atomic E-state index is 13.1. The molecule has 2 aromatic heterocycles. The molecule has 0 aromatic carbocycles. The van der Waals surface area contributed by atoms with Crippen LogP contribution in [0.25, 0.3) is 0 Å². The van der Waals surface area contributed by atoms with Gasteiger partial charge in [0, 0.05) is 40.1 Å². The van der Waals surface area contributed by atoms with E-state index in [0.717, 1.165) is 29.0 Å². The van der Waals surface area contributed by atoms with Gasteiger partial charge in [-0.3, -0.25) is 4.79 Å². The average molecular weight is 386 g/mol. The van der Waals surface area contributed by atoms with Crippen molar-refractivity contribution < 1.29 is 14.3 Å². The molecule has 2 atom stereocenters. The lowest BCUT2D eigenvalue weighted by Crippen LogP contribution is -2.35. The Morgan fingerprint density at radius 3 is 2.77 bits per heavy atom. The second-order valence-corrected chi connectivity index (χ2v) is 8.34. The third kappa shape index (κ3) is 2.83. The summed E-state index contributed by atoms with van der Waals surface area (Å²) < 4.78 is 5.02. The molecule has 0 unspecified atom stereocenters. The number of nitrogens with one attached hydrogen (secondary N) is 1. The molecule has 134 valence electrons. The zero-order chi connectivity index (χ0) is 18.3. The highest BCUT2D eigenvalue weighted by Crippen LogP contribution is 2.46. The lowest BCUT2D eigenvalue weighted by atomic mass is 9.73. The zero-order valence-corrected chi connectivity index (χ0v) is 16.2. The van der Waals surface area contributed by atoms with Gasteiger partial charge in [-0.2, -0.15) is 11.3 Å². The fourth-order valence-corrected chi connectivity index (χ4v) is 5.43. The van der Waals surface area contributed by atoms with Crippen molar-refractivity contribution in [1.29, 1.82) is 0 Å². The molecule has 0 saturated carbocycles. The minimum absolute atomic E-state index is 0.113. The molecule has 0 radical (unpaired) electrons. The van der Waals surface area contributed by atoms with Crippen LogP contribution < -0.4 is 5.32 Å². The summed E-state index contributed by atoms with van der Waals surface area (Å²) in [6.07, 6.45) is 1.27. The summed E-state index contributed by atoms with van der Waals surface area (Å²) in [4.78, 5) is 26.8. The molecule has 4 nitrogen and oxygen atoms in total. The maximum Gasteiger partial charge on any atom is 0.336 e. The van der Waals surface area contributed by atoms with Gasteiger partial charge in [-0.1, -0.05) is 6.07 Å². The SMILES string of the molecule is COC(=O)C1=C(C)NC2=C(C(=O)C[C@@H](c3cccs3)C2)[C@@H]1c1ccsc1. The van der Waals surface area contributed by atoms with E-state index in [-0.39, 0.29) is 23.6 Å². The number of esters is 1. The van der Waals surface area contributed by atoms with Gasteiger partial charge in [0.1, 0.15) is 0 Å². The second kappa shape index (κ2) is 6.85. The summed E-state index contributed by atoms with van der Waals surface area (Å²) in [5.41, 5.74) is 3.95. The first kappa shape index (κ1) is 17.2. The highest BCUT2D eigenvalue weighted by Gasteiger charge is 2.41. The monoisotopic (exact) mass is 385 g/mol. The fourth-order valence-electron chi connectivity index (χ4n) is 3.92. The van der Waals surface area contributed by atoms with Crippen LogP contribution in [-0.4, -0.2) is 18.9 Å². The molecule has 0 spiro atoms. The quantitative estimate of drug-likeness (QED) is 0.799. The number of Topliss-reactive ketones (excluding diaryl/α,β-unsaturated/α-hetero) is 1. The van der Waals surface area contributed by atoms with Gasteiger partial charge in [0.25, 0.3) is 0 Å². The number of methoxy groups -OCH3 is 1. The van der Waals surface area contributed by atoms with Crippen LogP contribution in [0.1, 0.15) is 42.0 Å². The van der Waals surface area contributed by atoms with E-state index < -0.39 is 0 Å². The number of carbonyl (C=O) groups excluding carboxylic acids is 2. The first-order chi connectivity index (χ1) is 12.6. The molecule has 6 heteroatoms. The summed E-state index contributed by atoms with van der Waals surface area (Å²) in [7, 11) is 1.38. The molecule has 0 fully saturated rings. The van der Waals surface area contributed by atoms with Gasteiger partial charge < -0.3 is 10.1 Å². The molecule has 2 aliphatic rings. The predicted octanol–water partition coefficient (Wildman–Crippen LogP) is 4.34. The molecule has 1 aliphatic carbocycles. The topological polar surface area (TPSA) is 55.4 Å². The average Bonchev–Trinajstić information content (AvgIpc) is 3.33. The van der Waals surface area contributed by atoms with Crippen LogP contribution in [0.5, 0.6) is 0 Å². The van der Waals surface area contributed by atoms with Crippen LogP contribution in [0.3, 0.4) is 0 Å². The van der Waals surface area contributed by atoms with Gasteiger partial charge in [-0.05, 0) is 47.2 Å². The number of hydrogen-bond acceptors (Lipinski definition) is 6. The number of dihydropyridines is 1. The minimum Gasteiger partial charge on any atom is -0.466 e. The molecular weight excluding hydrogens is 366 g/mol. The smallest absolute Gasteiger partial charge is 0.336 e. The number of carbonyl (C=O) groups is 2. The fraction of sp³-hybridized carbons (Fsp3) is 0.300. The summed E-state index contributed by atoms with van der Waals surface area (Å²) in [5.74, 6) is -0.417. The summed E-state index contributed by atoms with van der Waals surface area (Å²) in [6.45, 7) is 1.88. The van der Waals surface area contributed by atoms with E-state index in [9.17, 15) is 9.59 Å². The third-order valence-electron chi connectivity index (χ3n) is 5.05. The normalized spacial score (nSPS) is 22.9. The highest BCUT2D eigenvalue weighted by molar-refractivity contribution is 7.10. The molecule has 26 heavy (non-hydrogen) atoms. The number of hydrogen-bond donors (Lipinski definition) is 1. The molecule has 2 aromatic rings. The Balaban J connectivity index is 1.80. The molecule has 4 rings (SSSR count). The minimum atomic E-state index is -0.383. The molecular formula is C20H19NO3S2. The van der Waals surface area contributed by atoms with E-state index in [0.29, 0.717) is 12.0 Å². The van der Waals surface area contributed by atoms with E-state index in [4.69, 9.17) is 4.74 Å². The van der Waals surface area contributed by atoms with Gasteiger partial charge in [0.05, 0.1) is 12.7 Å². The van der Waals surface area contributed by atoms with E-state index in [2.05, 4.69) is 11.4 Å². The Hall–Kier alpha value is -2.18. The number of allylic oxidation sites excluding steroid dienone is 3. The Kier molecular flexibility index (Phi) is 4.54. The van der Waals surface area contributed by atoms with Gasteiger partial charge >= 0.3 is 5.97 Å². The van der Waals surface area contributed by atoms with E-state index >= 15 is 0 Å². The van der Waals surface area contributed by atoms with Crippen LogP contribution >= 0.6 is 22.7 Å². The number of rotatable bonds is 3. The highest BCUT2D eigenvalue weighted by atomic mass is 32.1. The van der Waals surface area contributed by atoms with E-state index in [1.54, 1.807) is 22.7 Å². The van der Waals surface area contributed by atoms with E-state index in [1.165, 1.54) is 12.0 Å². The summed E-state index contributed by atoms with van der Waals surface area (Å²) >= 11 is 3.26. The zero-order valence-electron chi connectivity index (χ0n) is 14.6. The standard InChI is InChI=1S/C20H19NO3S2/c1-11-17(20(23)24-2)18(12-5-7-25-10-12)19-14(21-11)8-13(9-15(19)22)16-4-3-6-26-16/h3-7,10,13,18,21H,8-9H2,1-2H3/t13-,18+/m0/s1. The predicted molar refractivity (Wildman–Crippen MR) is 103 cm³/mol. The molecule has 1 N–H and O–H groups in total. The van der Waals surface area contributed by atoms with Crippen molar-refractivity contribution in [2.24, 2.45) is 0 Å².